The van der Waals surface area contributed by atoms with Gasteiger partial charge < -0.3 is 14.5 Å². The zero-order valence-electron chi connectivity index (χ0n) is 18.2. The second-order valence-electron chi connectivity index (χ2n) is 7.43. The van der Waals surface area contributed by atoms with Crippen LogP contribution < -0.4 is 9.47 Å². The monoisotopic (exact) mass is 477 g/mol. The maximum atomic E-state index is 13.4. The van der Waals surface area contributed by atoms with E-state index in [0.29, 0.717) is 64.7 Å². The summed E-state index contributed by atoms with van der Waals surface area (Å²) in [7, 11) is 3.29. The van der Waals surface area contributed by atoms with E-state index in [0.717, 1.165) is 17.5 Å². The lowest BCUT2D eigenvalue weighted by molar-refractivity contribution is 0.219. The van der Waals surface area contributed by atoms with E-state index in [4.69, 9.17) is 26.1 Å². The molecular weight excluding hydrogens is 453 g/mol. The van der Waals surface area contributed by atoms with E-state index in [1.807, 2.05) is 18.5 Å². The van der Waals surface area contributed by atoms with Crippen LogP contribution in [0.2, 0.25) is 5.02 Å². The Kier molecular flexibility index (Phi) is 7.17. The molecular formula is C22H25ClFN5O2S. The largest absolute Gasteiger partial charge is 0.493 e. The topological polar surface area (TPSA) is 75.6 Å². The van der Waals surface area contributed by atoms with Gasteiger partial charge in [0.2, 0.25) is 0 Å². The van der Waals surface area contributed by atoms with Gasteiger partial charge in [-0.1, -0.05) is 23.4 Å². The summed E-state index contributed by atoms with van der Waals surface area (Å²) < 4.78 is 25.0. The molecule has 32 heavy (non-hydrogen) atoms. The summed E-state index contributed by atoms with van der Waals surface area (Å²) in [5, 5.41) is 1.94. The number of rotatable bonds is 8. The van der Waals surface area contributed by atoms with E-state index in [-0.39, 0.29) is 0 Å². The predicted molar refractivity (Wildman–Crippen MR) is 128 cm³/mol. The Bertz CT molecular complexity index is 1140. The second-order valence-corrected chi connectivity index (χ2v) is 8.61. The molecule has 1 atom stereocenters. The van der Waals surface area contributed by atoms with Gasteiger partial charge in [-0.25, -0.2) is 14.4 Å². The molecule has 0 radical (unpaired) electrons. The summed E-state index contributed by atoms with van der Waals surface area (Å²) in [6, 6.07) is 3.57. The van der Waals surface area contributed by atoms with Gasteiger partial charge >= 0.3 is 0 Å². The van der Waals surface area contributed by atoms with Crippen LogP contribution in [-0.4, -0.2) is 78.9 Å². The minimum atomic E-state index is -0.750. The van der Waals surface area contributed by atoms with Gasteiger partial charge in [0.15, 0.2) is 16.7 Å². The highest BCUT2D eigenvalue weighted by molar-refractivity contribution is 7.98. The molecule has 1 N–H and O–H groups in total. The molecule has 1 saturated heterocycles. The number of nitrogens with one attached hydrogen (secondary N) is 1. The number of nitrogens with zero attached hydrogens (tertiary/aromatic N) is 4. The summed E-state index contributed by atoms with van der Waals surface area (Å²) in [4.78, 5) is 18.7. The molecule has 7 nitrogen and oxygen atoms in total. The van der Waals surface area contributed by atoms with Gasteiger partial charge in [0.1, 0.15) is 18.4 Å². The number of fused-ring (bicyclic) bond motifs is 1. The smallest absolute Gasteiger partial charge is 0.189 e. The van der Waals surface area contributed by atoms with E-state index in [1.54, 1.807) is 26.4 Å². The summed E-state index contributed by atoms with van der Waals surface area (Å²) in [6.45, 7) is 2.26. The first kappa shape index (κ1) is 22.8. The quantitative estimate of drug-likeness (QED) is 0.293. The standard InChI is InChI=1S/C22H25ClFN5O2S/c1-25-10-13-11-26-21-19(13)20(27-22(28-21)32-3)15-8-18(17(30-2)9-16(15)23)31-7-6-29-5-4-14(24)12-29/h8-11,14H,4-7,12H2,1-3H3,(H,26,27,28)/t14-/m1/s1. The van der Waals surface area contributed by atoms with Crippen molar-refractivity contribution in [1.29, 1.82) is 0 Å². The number of likely N-dealkylation sites (tertiary alicyclic amines) is 1. The van der Waals surface area contributed by atoms with Crippen molar-refractivity contribution in [2.75, 3.05) is 46.7 Å². The molecule has 1 aromatic carbocycles. The molecule has 0 amide bonds. The number of alkyl halides is 1. The van der Waals surface area contributed by atoms with E-state index in [9.17, 15) is 4.39 Å². The minimum Gasteiger partial charge on any atom is -0.493 e. The third-order valence-corrected chi connectivity index (χ3v) is 6.24. The molecule has 0 saturated carbocycles. The first-order valence-corrected chi connectivity index (χ1v) is 11.9. The SMILES string of the molecule is CN=Cc1c[nH]c2nc(SC)nc(-c3cc(OCCN4CC[C@@H](F)C4)c(OC)cc3Cl)c12. The Morgan fingerprint density at radius 3 is 2.91 bits per heavy atom. The number of H-pyrrole nitrogens is 1. The fourth-order valence-electron chi connectivity index (χ4n) is 3.83. The molecule has 170 valence electrons. The Morgan fingerprint density at radius 2 is 2.22 bits per heavy atom. The summed E-state index contributed by atoms with van der Waals surface area (Å²) in [5.41, 5.74) is 2.97. The van der Waals surface area contributed by atoms with Gasteiger partial charge in [0.05, 0.1) is 23.2 Å². The zero-order valence-corrected chi connectivity index (χ0v) is 19.8. The van der Waals surface area contributed by atoms with Crippen molar-refractivity contribution in [3.05, 3.63) is 28.9 Å². The molecule has 0 aliphatic carbocycles. The Balaban J connectivity index is 1.72. The molecule has 1 aliphatic rings. The number of methoxy groups -OCH3 is 1. The number of benzene rings is 1. The summed E-state index contributed by atoms with van der Waals surface area (Å²) in [6.07, 6.45) is 5.36. The molecule has 0 bridgehead atoms. The number of aliphatic imine (C=N–C) groups is 1. The Morgan fingerprint density at radius 1 is 1.38 bits per heavy atom. The highest BCUT2D eigenvalue weighted by atomic mass is 35.5. The van der Waals surface area contributed by atoms with Crippen molar-refractivity contribution < 1.29 is 13.9 Å². The number of hydrogen-bond acceptors (Lipinski definition) is 7. The van der Waals surface area contributed by atoms with Gasteiger partial charge in [-0.2, -0.15) is 0 Å². The van der Waals surface area contributed by atoms with Crippen molar-refractivity contribution in [1.82, 2.24) is 19.9 Å². The number of aromatic nitrogens is 3. The van der Waals surface area contributed by atoms with Gasteiger partial charge in [-0.05, 0) is 18.7 Å². The van der Waals surface area contributed by atoms with Crippen molar-refractivity contribution in [2.45, 2.75) is 17.7 Å². The van der Waals surface area contributed by atoms with Crippen LogP contribution in [0, 0.1) is 0 Å². The van der Waals surface area contributed by atoms with E-state index in [1.165, 1.54) is 11.8 Å². The predicted octanol–water partition coefficient (Wildman–Crippen LogP) is 4.48. The number of aromatic amines is 1. The molecule has 1 fully saturated rings. The second kappa shape index (κ2) is 10.1. The number of ether oxygens (including phenoxy) is 2. The molecule has 4 rings (SSSR count). The normalized spacial score (nSPS) is 17.0. The van der Waals surface area contributed by atoms with E-state index >= 15 is 0 Å². The molecule has 2 aromatic heterocycles. The first-order valence-electron chi connectivity index (χ1n) is 10.3. The van der Waals surface area contributed by atoms with Crippen molar-refractivity contribution in [2.24, 2.45) is 4.99 Å². The first-order chi connectivity index (χ1) is 15.5. The van der Waals surface area contributed by atoms with Crippen LogP contribution in [0.5, 0.6) is 11.5 Å². The van der Waals surface area contributed by atoms with Crippen LogP contribution in [0.4, 0.5) is 4.39 Å². The van der Waals surface area contributed by atoms with Crippen molar-refractivity contribution in [3.63, 3.8) is 0 Å². The average molecular weight is 478 g/mol. The lowest BCUT2D eigenvalue weighted by atomic mass is 10.1. The van der Waals surface area contributed by atoms with E-state index in [2.05, 4.69) is 19.9 Å². The number of halogens is 2. The van der Waals surface area contributed by atoms with Gasteiger partial charge in [-0.15, -0.1) is 0 Å². The average Bonchev–Trinajstić information content (AvgIpc) is 3.40. The van der Waals surface area contributed by atoms with Crippen LogP contribution in [-0.2, 0) is 0 Å². The zero-order chi connectivity index (χ0) is 22.7. The molecule has 3 heterocycles. The summed E-state index contributed by atoms with van der Waals surface area (Å²) in [5.74, 6) is 1.09. The fourth-order valence-corrected chi connectivity index (χ4v) is 4.43. The minimum absolute atomic E-state index is 0.414. The summed E-state index contributed by atoms with van der Waals surface area (Å²) >= 11 is 8.11. The third kappa shape index (κ3) is 4.69. The molecule has 1 aliphatic heterocycles. The van der Waals surface area contributed by atoms with Crippen LogP contribution in [0.3, 0.4) is 0 Å². The van der Waals surface area contributed by atoms with Crippen LogP contribution in [0.1, 0.15) is 12.0 Å². The lowest BCUT2D eigenvalue weighted by Gasteiger charge is -2.17. The highest BCUT2D eigenvalue weighted by Gasteiger charge is 2.22. The van der Waals surface area contributed by atoms with Crippen molar-refractivity contribution in [3.8, 4) is 22.8 Å². The van der Waals surface area contributed by atoms with Gasteiger partial charge in [-0.3, -0.25) is 9.89 Å². The Hall–Kier alpha value is -2.36. The maximum Gasteiger partial charge on any atom is 0.189 e. The number of thioether (sulfide) groups is 1. The van der Waals surface area contributed by atoms with Crippen LogP contribution >= 0.6 is 23.4 Å². The molecule has 10 heteroatoms. The highest BCUT2D eigenvalue weighted by Crippen LogP contribution is 2.41. The van der Waals surface area contributed by atoms with E-state index < -0.39 is 6.17 Å². The maximum absolute atomic E-state index is 13.4. The Labute approximate surface area is 195 Å². The van der Waals surface area contributed by atoms with Crippen LogP contribution in [0.25, 0.3) is 22.3 Å². The van der Waals surface area contributed by atoms with Crippen LogP contribution in [0.15, 0.2) is 28.5 Å². The molecule has 3 aromatic rings. The fraction of sp³-hybridized carbons (Fsp3) is 0.409. The third-order valence-electron chi connectivity index (χ3n) is 5.38. The van der Waals surface area contributed by atoms with Gasteiger partial charge in [0.25, 0.3) is 0 Å². The molecule has 0 spiro atoms. The van der Waals surface area contributed by atoms with Gasteiger partial charge in [0, 0.05) is 56.3 Å². The van der Waals surface area contributed by atoms with Crippen molar-refractivity contribution >= 4 is 40.6 Å². The number of hydrogen-bond donors (Lipinski definition) is 1. The lowest BCUT2D eigenvalue weighted by Crippen LogP contribution is -2.26. The molecule has 0 unspecified atom stereocenters.